The normalized spacial score (nSPS) is 20.7. The Morgan fingerprint density at radius 1 is 1.12 bits per heavy atom. The first kappa shape index (κ1) is 15.3. The summed E-state index contributed by atoms with van der Waals surface area (Å²) in [5.41, 5.74) is 1.64. The third-order valence-electron chi connectivity index (χ3n) is 4.12. The first-order chi connectivity index (χ1) is 12.2. The van der Waals surface area contributed by atoms with Gasteiger partial charge in [-0.05, 0) is 23.3 Å². The minimum absolute atomic E-state index is 0.204. The van der Waals surface area contributed by atoms with E-state index in [1.807, 2.05) is 42.5 Å². The first-order valence-electron chi connectivity index (χ1n) is 7.89. The zero-order valence-corrected chi connectivity index (χ0v) is 13.2. The van der Waals surface area contributed by atoms with Crippen molar-refractivity contribution in [1.29, 1.82) is 0 Å². The van der Waals surface area contributed by atoms with Crippen LogP contribution in [0.25, 0.3) is 0 Å². The fourth-order valence-corrected chi connectivity index (χ4v) is 2.88. The van der Waals surface area contributed by atoms with Gasteiger partial charge in [-0.1, -0.05) is 36.4 Å². The predicted octanol–water partition coefficient (Wildman–Crippen LogP) is 1.88. The number of alkyl carbamates (subject to hydrolysis) is 1. The molecule has 2 atom stereocenters. The molecule has 0 radical (unpaired) electrons. The fraction of sp³-hybridized carbons (Fsp3) is 0.222. The van der Waals surface area contributed by atoms with Crippen molar-refractivity contribution < 1.29 is 23.8 Å². The summed E-state index contributed by atoms with van der Waals surface area (Å²) in [6, 6.07) is 13.9. The maximum atomic E-state index is 12.5. The topological polar surface area (TPSA) is 85.9 Å². The van der Waals surface area contributed by atoms with E-state index in [0.29, 0.717) is 18.0 Å². The molecule has 2 aliphatic rings. The second-order valence-electron chi connectivity index (χ2n) is 5.76. The Morgan fingerprint density at radius 2 is 1.92 bits per heavy atom. The number of amides is 2. The Kier molecular flexibility index (Phi) is 3.89. The lowest BCUT2D eigenvalue weighted by Gasteiger charge is -2.17. The third-order valence-corrected chi connectivity index (χ3v) is 4.12. The van der Waals surface area contributed by atoms with Gasteiger partial charge >= 0.3 is 6.09 Å². The van der Waals surface area contributed by atoms with E-state index in [4.69, 9.17) is 14.2 Å². The lowest BCUT2D eigenvalue weighted by Crippen LogP contribution is -2.43. The van der Waals surface area contributed by atoms with Crippen molar-refractivity contribution in [3.05, 3.63) is 59.7 Å². The van der Waals surface area contributed by atoms with Crippen molar-refractivity contribution in [2.75, 3.05) is 6.79 Å². The van der Waals surface area contributed by atoms with E-state index < -0.39 is 18.2 Å². The van der Waals surface area contributed by atoms with Crippen LogP contribution in [0.5, 0.6) is 11.5 Å². The van der Waals surface area contributed by atoms with E-state index in [0.717, 1.165) is 11.1 Å². The van der Waals surface area contributed by atoms with Crippen LogP contribution in [0.2, 0.25) is 0 Å². The van der Waals surface area contributed by atoms with Crippen LogP contribution in [-0.2, 0) is 16.1 Å². The Morgan fingerprint density at radius 3 is 2.76 bits per heavy atom. The number of nitrogens with one attached hydrogen (secondary N) is 2. The monoisotopic (exact) mass is 340 g/mol. The van der Waals surface area contributed by atoms with Crippen molar-refractivity contribution in [2.24, 2.45) is 0 Å². The SMILES string of the molecule is O=C1NC(C(=O)NCc2ccc3c(c2)OCO3)C(c2ccccc2)O1. The Bertz CT molecular complexity index is 808. The number of carbonyl (C=O) groups excluding carboxylic acids is 2. The van der Waals surface area contributed by atoms with Gasteiger partial charge < -0.3 is 24.8 Å². The fourth-order valence-electron chi connectivity index (χ4n) is 2.88. The number of hydrogen-bond donors (Lipinski definition) is 2. The van der Waals surface area contributed by atoms with Crippen LogP contribution < -0.4 is 20.1 Å². The molecule has 1 saturated heterocycles. The van der Waals surface area contributed by atoms with Gasteiger partial charge in [-0.25, -0.2) is 4.79 Å². The summed E-state index contributed by atoms with van der Waals surface area (Å²) < 4.78 is 15.8. The maximum Gasteiger partial charge on any atom is 0.408 e. The summed E-state index contributed by atoms with van der Waals surface area (Å²) in [6.45, 7) is 0.513. The maximum absolute atomic E-state index is 12.5. The molecule has 2 aliphatic heterocycles. The van der Waals surface area contributed by atoms with E-state index in [9.17, 15) is 9.59 Å². The molecule has 0 saturated carbocycles. The van der Waals surface area contributed by atoms with Crippen molar-refractivity contribution in [1.82, 2.24) is 10.6 Å². The second-order valence-corrected chi connectivity index (χ2v) is 5.76. The van der Waals surface area contributed by atoms with Gasteiger partial charge in [0.1, 0.15) is 0 Å². The van der Waals surface area contributed by atoms with Gasteiger partial charge in [0.05, 0.1) is 0 Å². The van der Waals surface area contributed by atoms with Crippen molar-refractivity contribution in [3.63, 3.8) is 0 Å². The van der Waals surface area contributed by atoms with Gasteiger partial charge in [-0.2, -0.15) is 0 Å². The second kappa shape index (κ2) is 6.35. The molecule has 0 bridgehead atoms. The highest BCUT2D eigenvalue weighted by atomic mass is 16.7. The molecule has 2 aromatic rings. The Labute approximate surface area is 143 Å². The van der Waals surface area contributed by atoms with E-state index in [2.05, 4.69) is 10.6 Å². The van der Waals surface area contributed by atoms with Crippen LogP contribution in [-0.4, -0.2) is 24.8 Å². The molecule has 25 heavy (non-hydrogen) atoms. The minimum Gasteiger partial charge on any atom is -0.454 e. The zero-order chi connectivity index (χ0) is 17.2. The molecule has 0 spiro atoms. The number of rotatable bonds is 4. The number of carbonyl (C=O) groups is 2. The van der Waals surface area contributed by atoms with Gasteiger partial charge in [-0.3, -0.25) is 4.79 Å². The molecule has 7 nitrogen and oxygen atoms in total. The minimum atomic E-state index is -0.774. The van der Waals surface area contributed by atoms with Gasteiger partial charge in [0.25, 0.3) is 0 Å². The number of benzene rings is 2. The molecule has 2 unspecified atom stereocenters. The quantitative estimate of drug-likeness (QED) is 0.888. The number of cyclic esters (lactones) is 1. The molecule has 0 aromatic heterocycles. The lowest BCUT2D eigenvalue weighted by molar-refractivity contribution is -0.124. The van der Waals surface area contributed by atoms with Gasteiger partial charge in [0.2, 0.25) is 12.7 Å². The number of fused-ring (bicyclic) bond motifs is 1. The Balaban J connectivity index is 1.44. The molecule has 7 heteroatoms. The Hall–Kier alpha value is -3.22. The van der Waals surface area contributed by atoms with Gasteiger partial charge in [0, 0.05) is 6.54 Å². The van der Waals surface area contributed by atoms with Crippen LogP contribution in [0.1, 0.15) is 17.2 Å². The summed E-state index contributed by atoms with van der Waals surface area (Å²) in [4.78, 5) is 24.1. The molecule has 2 N–H and O–H groups in total. The standard InChI is InChI=1S/C18H16N2O5/c21-17(19-9-11-6-7-13-14(8-11)24-10-23-13)15-16(25-18(22)20-15)12-4-2-1-3-5-12/h1-8,15-16H,9-10H2,(H,19,21)(H,20,22). The smallest absolute Gasteiger partial charge is 0.408 e. The van der Waals surface area contributed by atoms with Crippen LogP contribution in [0.4, 0.5) is 4.79 Å². The predicted molar refractivity (Wildman–Crippen MR) is 87.0 cm³/mol. The van der Waals surface area contributed by atoms with Crippen LogP contribution in [0.15, 0.2) is 48.5 Å². The largest absolute Gasteiger partial charge is 0.454 e. The van der Waals surface area contributed by atoms with Crippen molar-refractivity contribution in [3.8, 4) is 11.5 Å². The highest BCUT2D eigenvalue weighted by Gasteiger charge is 2.40. The van der Waals surface area contributed by atoms with Crippen LogP contribution in [0, 0.1) is 0 Å². The number of hydrogen-bond acceptors (Lipinski definition) is 5. The molecule has 0 aliphatic carbocycles. The molecule has 1 fully saturated rings. The molecule has 2 amide bonds. The summed E-state index contributed by atoms with van der Waals surface area (Å²) in [7, 11) is 0. The van der Waals surface area contributed by atoms with Gasteiger partial charge in [-0.15, -0.1) is 0 Å². The van der Waals surface area contributed by atoms with Crippen LogP contribution >= 0.6 is 0 Å². The number of ether oxygens (including phenoxy) is 3. The van der Waals surface area contributed by atoms with E-state index in [-0.39, 0.29) is 12.7 Å². The van der Waals surface area contributed by atoms with E-state index in [1.165, 1.54) is 0 Å². The average molecular weight is 340 g/mol. The summed E-state index contributed by atoms with van der Waals surface area (Å²) in [5.74, 6) is 1.04. The highest BCUT2D eigenvalue weighted by Crippen LogP contribution is 2.32. The van der Waals surface area contributed by atoms with E-state index >= 15 is 0 Å². The zero-order valence-electron chi connectivity index (χ0n) is 13.2. The first-order valence-corrected chi connectivity index (χ1v) is 7.89. The molecule has 2 aromatic carbocycles. The molecule has 2 heterocycles. The lowest BCUT2D eigenvalue weighted by atomic mass is 10.0. The molecule has 4 rings (SSSR count). The summed E-state index contributed by atoms with van der Waals surface area (Å²) in [5, 5.41) is 5.38. The summed E-state index contributed by atoms with van der Waals surface area (Å²) in [6.07, 6.45) is -1.25. The van der Waals surface area contributed by atoms with Gasteiger partial charge in [0.15, 0.2) is 23.6 Å². The van der Waals surface area contributed by atoms with Crippen molar-refractivity contribution >= 4 is 12.0 Å². The summed E-state index contributed by atoms with van der Waals surface area (Å²) >= 11 is 0. The molecular weight excluding hydrogens is 324 g/mol. The van der Waals surface area contributed by atoms with Crippen molar-refractivity contribution in [2.45, 2.75) is 18.7 Å². The molecule has 128 valence electrons. The van der Waals surface area contributed by atoms with E-state index in [1.54, 1.807) is 6.07 Å². The average Bonchev–Trinajstić information content (AvgIpc) is 3.26. The highest BCUT2D eigenvalue weighted by molar-refractivity contribution is 5.88. The molecular formula is C18H16N2O5. The third kappa shape index (κ3) is 3.08. The van der Waals surface area contributed by atoms with Crippen LogP contribution in [0.3, 0.4) is 0 Å².